The van der Waals surface area contributed by atoms with Crippen LogP contribution in [-0.2, 0) is 6.18 Å². The van der Waals surface area contributed by atoms with Crippen LogP contribution in [0, 0.1) is 6.92 Å². The van der Waals surface area contributed by atoms with Gasteiger partial charge in [-0.15, -0.1) is 12.4 Å². The highest BCUT2D eigenvalue weighted by Crippen LogP contribution is 2.36. The number of aromatic nitrogens is 1. The van der Waals surface area contributed by atoms with Crippen LogP contribution in [0.15, 0.2) is 48.5 Å². The summed E-state index contributed by atoms with van der Waals surface area (Å²) in [4.78, 5) is 21.3. The lowest BCUT2D eigenvalue weighted by Crippen LogP contribution is -2.57. The van der Waals surface area contributed by atoms with E-state index in [1.54, 1.807) is 19.9 Å². The van der Waals surface area contributed by atoms with E-state index in [2.05, 4.69) is 20.5 Å². The lowest BCUT2D eigenvalue weighted by atomic mass is 10.1. The number of hydrogen-bond donors (Lipinski definition) is 3. The smallest absolute Gasteiger partial charge is 0.416 e. The standard InChI is InChI=1S/C30H36F3N5O3.ClH/c1-19-11-27(25-7-4-5-8-26(25)34-19)35-21-12-20(30(31,32)33)13-24(14-21)41-10-6-9-37-16-23-15-22(37)17-38(23)28(40)36-29(2,3)18-39;/h4-5,7-8,11-14,22-23,39H,6,9-10,15-18H2,1-3H3,(H,34,35)(H,36,40);1H. The van der Waals surface area contributed by atoms with Gasteiger partial charge in [-0.3, -0.25) is 9.88 Å². The second-order valence-electron chi connectivity index (χ2n) is 11.6. The van der Waals surface area contributed by atoms with Crippen molar-refractivity contribution in [3.63, 3.8) is 0 Å². The summed E-state index contributed by atoms with van der Waals surface area (Å²) in [6.45, 7) is 7.60. The number of aryl methyl sites for hydroxylation is 1. The number of fused-ring (bicyclic) bond motifs is 3. The number of benzene rings is 2. The molecule has 42 heavy (non-hydrogen) atoms. The number of halogens is 4. The van der Waals surface area contributed by atoms with E-state index in [1.807, 2.05) is 42.2 Å². The minimum absolute atomic E-state index is 0. The van der Waals surface area contributed by atoms with Gasteiger partial charge in [0.25, 0.3) is 0 Å². The largest absolute Gasteiger partial charge is 0.493 e. The molecule has 0 saturated carbocycles. The van der Waals surface area contributed by atoms with Crippen LogP contribution >= 0.6 is 12.4 Å². The number of piperazine rings is 1. The number of aliphatic hydroxyl groups is 1. The lowest BCUT2D eigenvalue weighted by molar-refractivity contribution is -0.137. The van der Waals surface area contributed by atoms with Gasteiger partial charge in [0.05, 0.1) is 29.8 Å². The number of anilines is 2. The quantitative estimate of drug-likeness (QED) is 0.269. The maximum atomic E-state index is 13.7. The lowest BCUT2D eigenvalue weighted by Gasteiger charge is -2.36. The minimum atomic E-state index is -4.52. The molecule has 2 aliphatic heterocycles. The summed E-state index contributed by atoms with van der Waals surface area (Å²) in [6, 6.07) is 13.2. The number of hydrogen-bond acceptors (Lipinski definition) is 6. The number of aliphatic hydroxyl groups excluding tert-OH is 1. The molecule has 0 spiro atoms. The summed E-state index contributed by atoms with van der Waals surface area (Å²) in [6.07, 6.45) is -2.99. The molecule has 2 fully saturated rings. The first kappa shape index (κ1) is 31.7. The van der Waals surface area contributed by atoms with Crippen LogP contribution in [-0.4, -0.2) is 76.4 Å². The van der Waals surface area contributed by atoms with Gasteiger partial charge in [0, 0.05) is 60.2 Å². The first-order valence-electron chi connectivity index (χ1n) is 13.8. The highest BCUT2D eigenvalue weighted by Gasteiger charge is 2.45. The fourth-order valence-corrected chi connectivity index (χ4v) is 5.62. The number of amides is 2. The van der Waals surface area contributed by atoms with Crippen molar-refractivity contribution in [1.29, 1.82) is 0 Å². The van der Waals surface area contributed by atoms with Crippen molar-refractivity contribution >= 4 is 40.7 Å². The van der Waals surface area contributed by atoms with Gasteiger partial charge >= 0.3 is 12.2 Å². The van der Waals surface area contributed by atoms with Gasteiger partial charge in [-0.25, -0.2) is 4.79 Å². The zero-order valence-electron chi connectivity index (χ0n) is 23.9. The molecule has 2 unspecified atom stereocenters. The molecular weight excluding hydrogens is 571 g/mol. The van der Waals surface area contributed by atoms with Crippen LogP contribution in [0.5, 0.6) is 5.75 Å². The summed E-state index contributed by atoms with van der Waals surface area (Å²) in [5.74, 6) is 0.148. The Bertz CT molecular complexity index is 1420. The highest BCUT2D eigenvalue weighted by molar-refractivity contribution is 5.93. The van der Waals surface area contributed by atoms with E-state index in [9.17, 15) is 23.1 Å². The number of ether oxygens (including phenoxy) is 1. The van der Waals surface area contributed by atoms with E-state index >= 15 is 0 Å². The molecule has 3 heterocycles. The maximum Gasteiger partial charge on any atom is 0.416 e. The zero-order valence-corrected chi connectivity index (χ0v) is 24.7. The average Bonchev–Trinajstić information content (AvgIpc) is 3.51. The number of alkyl halides is 3. The Labute approximate surface area is 249 Å². The van der Waals surface area contributed by atoms with E-state index in [4.69, 9.17) is 4.74 Å². The first-order valence-corrected chi connectivity index (χ1v) is 13.8. The number of nitrogens with zero attached hydrogens (tertiary/aromatic N) is 3. The predicted octanol–water partition coefficient (Wildman–Crippen LogP) is 5.74. The Balaban J connectivity index is 0.00000405. The molecule has 1 aromatic heterocycles. The molecule has 2 saturated heterocycles. The van der Waals surface area contributed by atoms with Gasteiger partial charge in [0.1, 0.15) is 5.75 Å². The topological polar surface area (TPSA) is 90.0 Å². The Morgan fingerprint density at radius 2 is 1.88 bits per heavy atom. The second kappa shape index (κ2) is 12.5. The van der Waals surface area contributed by atoms with Crippen molar-refractivity contribution in [2.75, 3.05) is 38.2 Å². The van der Waals surface area contributed by atoms with Crippen molar-refractivity contribution in [2.24, 2.45) is 0 Å². The normalized spacial score (nSPS) is 18.7. The van der Waals surface area contributed by atoms with Crippen molar-refractivity contribution in [1.82, 2.24) is 20.1 Å². The van der Waals surface area contributed by atoms with Gasteiger partial charge in [0.2, 0.25) is 0 Å². The van der Waals surface area contributed by atoms with Gasteiger partial charge in [-0.05, 0) is 57.9 Å². The van der Waals surface area contributed by atoms with Crippen LogP contribution in [0.25, 0.3) is 10.9 Å². The first-order chi connectivity index (χ1) is 19.4. The average molecular weight is 608 g/mol. The molecule has 0 radical (unpaired) electrons. The molecule has 3 aromatic rings. The van der Waals surface area contributed by atoms with Crippen LogP contribution in [0.4, 0.5) is 29.3 Å². The summed E-state index contributed by atoms with van der Waals surface area (Å²) >= 11 is 0. The molecule has 5 rings (SSSR count). The number of rotatable bonds is 9. The molecular formula is C30H37ClF3N5O3. The SMILES string of the molecule is Cc1cc(Nc2cc(OCCCN3CC4CC3CN4C(=O)NC(C)(C)CO)cc(C(F)(F)F)c2)c2ccccc2n1.Cl. The van der Waals surface area contributed by atoms with Crippen LogP contribution < -0.4 is 15.4 Å². The fourth-order valence-electron chi connectivity index (χ4n) is 5.62. The van der Waals surface area contributed by atoms with Gasteiger partial charge in [-0.1, -0.05) is 18.2 Å². The summed E-state index contributed by atoms with van der Waals surface area (Å²) < 4.78 is 47.0. The number of urea groups is 1. The highest BCUT2D eigenvalue weighted by atomic mass is 35.5. The number of pyridine rings is 1. The molecule has 0 aliphatic carbocycles. The Morgan fingerprint density at radius 3 is 2.57 bits per heavy atom. The van der Waals surface area contributed by atoms with Crippen molar-refractivity contribution in [3.8, 4) is 5.75 Å². The number of carbonyl (C=O) groups is 1. The third kappa shape index (κ3) is 7.19. The van der Waals surface area contributed by atoms with E-state index in [0.29, 0.717) is 18.7 Å². The monoisotopic (exact) mass is 607 g/mol. The molecule has 2 amide bonds. The maximum absolute atomic E-state index is 13.7. The van der Waals surface area contributed by atoms with E-state index in [0.717, 1.165) is 48.2 Å². The molecule has 2 aliphatic rings. The predicted molar refractivity (Wildman–Crippen MR) is 159 cm³/mol. The fraction of sp³-hybridized carbons (Fsp3) is 0.467. The Morgan fingerprint density at radius 1 is 1.12 bits per heavy atom. The Kier molecular flexibility index (Phi) is 9.44. The van der Waals surface area contributed by atoms with Crippen LogP contribution in [0.2, 0.25) is 0 Å². The van der Waals surface area contributed by atoms with Crippen LogP contribution in [0.3, 0.4) is 0 Å². The minimum Gasteiger partial charge on any atom is -0.493 e. The van der Waals surface area contributed by atoms with Gasteiger partial charge in [-0.2, -0.15) is 13.2 Å². The number of carbonyl (C=O) groups excluding carboxylic acids is 1. The molecule has 12 heteroatoms. The summed E-state index contributed by atoms with van der Waals surface area (Å²) in [7, 11) is 0. The van der Waals surface area contributed by atoms with Crippen LogP contribution in [0.1, 0.15) is 37.9 Å². The number of nitrogens with one attached hydrogen (secondary N) is 2. The molecule has 2 atom stereocenters. The van der Waals surface area contributed by atoms with Gasteiger partial charge < -0.3 is 25.4 Å². The van der Waals surface area contributed by atoms with E-state index in [1.165, 1.54) is 0 Å². The van der Waals surface area contributed by atoms with Crippen molar-refractivity contribution < 1.29 is 27.8 Å². The van der Waals surface area contributed by atoms with E-state index in [-0.39, 0.29) is 55.2 Å². The van der Waals surface area contributed by atoms with Crippen molar-refractivity contribution in [3.05, 3.63) is 59.8 Å². The van der Waals surface area contributed by atoms with Crippen molar-refractivity contribution in [2.45, 2.75) is 57.4 Å². The molecule has 228 valence electrons. The molecule has 3 N–H and O–H groups in total. The number of likely N-dealkylation sites (tertiary alicyclic amines) is 2. The van der Waals surface area contributed by atoms with E-state index < -0.39 is 17.3 Å². The summed E-state index contributed by atoms with van der Waals surface area (Å²) in [5, 5.41) is 16.3. The third-order valence-corrected chi connectivity index (χ3v) is 7.67. The molecule has 8 nitrogen and oxygen atoms in total. The third-order valence-electron chi connectivity index (χ3n) is 7.67. The number of para-hydroxylation sites is 1. The second-order valence-corrected chi connectivity index (χ2v) is 11.6. The molecule has 2 aromatic carbocycles. The van der Waals surface area contributed by atoms with Gasteiger partial charge in [0.15, 0.2) is 0 Å². The summed E-state index contributed by atoms with van der Waals surface area (Å²) in [5.41, 5.74) is 0.997. The zero-order chi connectivity index (χ0) is 29.4. The molecule has 2 bridgehead atoms. The Hall–Kier alpha value is -3.28.